The Morgan fingerprint density at radius 2 is 1.43 bits per heavy atom. The average Bonchev–Trinajstić information content (AvgIpc) is 2.88. The molecule has 1 heterocycles. The summed E-state index contributed by atoms with van der Waals surface area (Å²) in [5.74, 6) is -0.770. The highest BCUT2D eigenvalue weighted by Gasteiger charge is 2.40. The lowest BCUT2D eigenvalue weighted by Gasteiger charge is -2.36. The number of alkyl halides is 1. The zero-order chi connectivity index (χ0) is 24.7. The molecule has 1 aliphatic rings. The number of nitrogens with one attached hydrogen (secondary N) is 1. The van der Waals surface area contributed by atoms with Gasteiger partial charge >= 0.3 is 12.2 Å². The number of halogens is 2. The molecule has 0 aliphatic carbocycles. The van der Waals surface area contributed by atoms with E-state index in [9.17, 15) is 14.0 Å². The summed E-state index contributed by atoms with van der Waals surface area (Å²) >= 11 is 0. The van der Waals surface area contributed by atoms with E-state index in [0.29, 0.717) is 0 Å². The van der Waals surface area contributed by atoms with Crippen LogP contribution >= 0.6 is 0 Å². The van der Waals surface area contributed by atoms with Crippen LogP contribution in [0.15, 0.2) is 78.9 Å². The smallest absolute Gasteiger partial charge is 0.411 e. The summed E-state index contributed by atoms with van der Waals surface area (Å²) in [6, 6.07) is 22.2. The Morgan fingerprint density at radius 3 is 2.00 bits per heavy atom. The number of ether oxygens (including phenoxy) is 2. The standard InChI is InChI=1S/C27H26F2N2O4/c28-24-17-22(30-25(32)34-18-20-7-3-1-4-8-20)11-12-23(24)27(29)13-15-31(16-14-27)26(33)35-19-21-9-5-2-6-10-21/h1-12,17H,13-16,18-19H2,(H,30,32). The van der Waals surface area contributed by atoms with E-state index < -0.39 is 23.7 Å². The number of piperidine rings is 1. The fraction of sp³-hybridized carbons (Fsp3) is 0.259. The second kappa shape index (κ2) is 11.0. The Hall–Kier alpha value is -3.94. The molecule has 2 amide bonds. The molecule has 0 saturated carbocycles. The van der Waals surface area contributed by atoms with E-state index in [0.717, 1.165) is 17.2 Å². The lowest BCUT2D eigenvalue weighted by molar-refractivity contribution is 0.0374. The van der Waals surface area contributed by atoms with Crippen molar-refractivity contribution in [3.05, 3.63) is 101 Å². The van der Waals surface area contributed by atoms with E-state index in [4.69, 9.17) is 9.47 Å². The molecule has 0 bridgehead atoms. The first kappa shape index (κ1) is 24.2. The molecule has 1 saturated heterocycles. The molecular weight excluding hydrogens is 454 g/mol. The van der Waals surface area contributed by atoms with Gasteiger partial charge in [-0.15, -0.1) is 0 Å². The van der Waals surface area contributed by atoms with E-state index in [-0.39, 0.29) is 50.4 Å². The molecule has 1 N–H and O–H groups in total. The van der Waals surface area contributed by atoms with E-state index >= 15 is 4.39 Å². The van der Waals surface area contributed by atoms with Crippen LogP contribution in [0.1, 0.15) is 29.5 Å². The number of rotatable bonds is 6. The largest absolute Gasteiger partial charge is 0.445 e. The number of hydrogen-bond donors (Lipinski definition) is 1. The number of likely N-dealkylation sites (tertiary alicyclic amines) is 1. The number of nitrogens with zero attached hydrogens (tertiary/aromatic N) is 1. The van der Waals surface area contributed by atoms with Gasteiger partial charge in [0.05, 0.1) is 0 Å². The van der Waals surface area contributed by atoms with Crippen molar-refractivity contribution in [2.75, 3.05) is 18.4 Å². The number of anilines is 1. The molecule has 182 valence electrons. The Bertz CT molecular complexity index is 1150. The van der Waals surface area contributed by atoms with Crippen molar-refractivity contribution in [3.8, 4) is 0 Å². The van der Waals surface area contributed by atoms with Gasteiger partial charge in [-0.25, -0.2) is 18.4 Å². The third kappa shape index (κ3) is 6.35. The van der Waals surface area contributed by atoms with Gasteiger partial charge in [-0.05, 0) is 23.3 Å². The van der Waals surface area contributed by atoms with Crippen LogP contribution in [0.3, 0.4) is 0 Å². The predicted molar refractivity (Wildman–Crippen MR) is 127 cm³/mol. The molecule has 3 aromatic carbocycles. The van der Waals surface area contributed by atoms with Crippen LogP contribution in [0.25, 0.3) is 0 Å². The minimum Gasteiger partial charge on any atom is -0.445 e. The zero-order valence-electron chi connectivity index (χ0n) is 19.1. The van der Waals surface area contributed by atoms with Crippen LogP contribution in [-0.2, 0) is 28.4 Å². The number of amides is 2. The number of carbonyl (C=O) groups is 2. The molecule has 6 nitrogen and oxygen atoms in total. The minimum atomic E-state index is -1.92. The second-order valence-corrected chi connectivity index (χ2v) is 8.37. The maximum atomic E-state index is 15.6. The molecule has 0 atom stereocenters. The van der Waals surface area contributed by atoms with Crippen molar-refractivity contribution >= 4 is 17.9 Å². The van der Waals surface area contributed by atoms with Crippen molar-refractivity contribution in [2.45, 2.75) is 31.7 Å². The molecule has 0 unspecified atom stereocenters. The van der Waals surface area contributed by atoms with Gasteiger partial charge in [0.15, 0.2) is 0 Å². The normalized spacial score (nSPS) is 14.7. The van der Waals surface area contributed by atoms with Crippen LogP contribution in [0.2, 0.25) is 0 Å². The summed E-state index contributed by atoms with van der Waals surface area (Å²) in [5.41, 5.74) is -0.184. The van der Waals surface area contributed by atoms with Crippen LogP contribution in [0.5, 0.6) is 0 Å². The summed E-state index contributed by atoms with van der Waals surface area (Å²) in [7, 11) is 0. The summed E-state index contributed by atoms with van der Waals surface area (Å²) < 4.78 is 40.9. The van der Waals surface area contributed by atoms with Gasteiger partial charge in [0.25, 0.3) is 0 Å². The van der Waals surface area contributed by atoms with Gasteiger partial charge < -0.3 is 14.4 Å². The lowest BCUT2D eigenvalue weighted by Crippen LogP contribution is -2.43. The van der Waals surface area contributed by atoms with E-state index in [1.165, 1.54) is 17.0 Å². The monoisotopic (exact) mass is 480 g/mol. The highest BCUT2D eigenvalue weighted by Crippen LogP contribution is 2.39. The molecule has 8 heteroatoms. The average molecular weight is 481 g/mol. The van der Waals surface area contributed by atoms with E-state index in [1.54, 1.807) is 0 Å². The van der Waals surface area contributed by atoms with Crippen LogP contribution in [0, 0.1) is 5.82 Å². The maximum Gasteiger partial charge on any atom is 0.411 e. The molecule has 1 aliphatic heterocycles. The Labute approximate surface area is 202 Å². The zero-order valence-corrected chi connectivity index (χ0v) is 19.1. The van der Waals surface area contributed by atoms with Gasteiger partial charge in [0.2, 0.25) is 0 Å². The molecule has 0 spiro atoms. The summed E-state index contributed by atoms with van der Waals surface area (Å²) in [4.78, 5) is 25.8. The Morgan fingerprint density at radius 1 is 0.857 bits per heavy atom. The fourth-order valence-corrected chi connectivity index (χ4v) is 3.96. The first-order valence-electron chi connectivity index (χ1n) is 11.4. The minimum absolute atomic E-state index is 0.0593. The Balaban J connectivity index is 1.29. The number of carbonyl (C=O) groups excluding carboxylic acids is 2. The van der Waals surface area contributed by atoms with Crippen molar-refractivity contribution in [1.29, 1.82) is 0 Å². The molecule has 35 heavy (non-hydrogen) atoms. The van der Waals surface area contributed by atoms with Gasteiger partial charge in [-0.3, -0.25) is 5.32 Å². The first-order chi connectivity index (χ1) is 16.9. The van der Waals surface area contributed by atoms with Crippen molar-refractivity contribution in [2.24, 2.45) is 0 Å². The van der Waals surface area contributed by atoms with Crippen molar-refractivity contribution in [1.82, 2.24) is 4.90 Å². The Kier molecular flexibility index (Phi) is 7.60. The molecule has 4 rings (SSSR count). The van der Waals surface area contributed by atoms with Gasteiger partial charge in [0.1, 0.15) is 24.7 Å². The highest BCUT2D eigenvalue weighted by molar-refractivity contribution is 5.84. The highest BCUT2D eigenvalue weighted by atomic mass is 19.1. The van der Waals surface area contributed by atoms with Crippen LogP contribution in [0.4, 0.5) is 24.1 Å². The maximum absolute atomic E-state index is 15.6. The van der Waals surface area contributed by atoms with Gasteiger partial charge in [-0.1, -0.05) is 66.7 Å². The van der Waals surface area contributed by atoms with Crippen LogP contribution < -0.4 is 5.32 Å². The van der Waals surface area contributed by atoms with Gasteiger partial charge in [0, 0.05) is 37.2 Å². The van der Waals surface area contributed by atoms with Crippen LogP contribution in [-0.4, -0.2) is 30.2 Å². The van der Waals surface area contributed by atoms with E-state index in [2.05, 4.69) is 5.32 Å². The summed E-state index contributed by atoms with van der Waals surface area (Å²) in [6.07, 6.45) is -1.38. The third-order valence-corrected chi connectivity index (χ3v) is 5.93. The number of benzene rings is 3. The fourth-order valence-electron chi connectivity index (χ4n) is 3.96. The number of hydrogen-bond acceptors (Lipinski definition) is 4. The summed E-state index contributed by atoms with van der Waals surface area (Å²) in [5, 5.41) is 2.45. The second-order valence-electron chi connectivity index (χ2n) is 8.37. The quantitative estimate of drug-likeness (QED) is 0.458. The molecule has 0 aromatic heterocycles. The third-order valence-electron chi connectivity index (χ3n) is 5.93. The first-order valence-corrected chi connectivity index (χ1v) is 11.4. The summed E-state index contributed by atoms with van der Waals surface area (Å²) in [6.45, 7) is 0.420. The predicted octanol–water partition coefficient (Wildman–Crippen LogP) is 6.17. The SMILES string of the molecule is O=C(Nc1ccc(C2(F)CCN(C(=O)OCc3ccccc3)CC2)c(F)c1)OCc1ccccc1. The molecule has 1 fully saturated rings. The molecule has 0 radical (unpaired) electrons. The molecular formula is C27H26F2N2O4. The van der Waals surface area contributed by atoms with Gasteiger partial charge in [-0.2, -0.15) is 0 Å². The van der Waals surface area contributed by atoms with Crippen molar-refractivity contribution < 1.29 is 27.8 Å². The molecule has 3 aromatic rings. The van der Waals surface area contributed by atoms with E-state index in [1.807, 2.05) is 60.7 Å². The van der Waals surface area contributed by atoms with Crippen molar-refractivity contribution in [3.63, 3.8) is 0 Å². The lowest BCUT2D eigenvalue weighted by atomic mass is 9.86. The topological polar surface area (TPSA) is 67.9 Å².